The van der Waals surface area contributed by atoms with E-state index in [4.69, 9.17) is 5.26 Å². The molecule has 0 unspecified atom stereocenters. The molecule has 0 saturated carbocycles. The minimum Gasteiger partial charge on any atom is -0.317 e. The molecule has 0 aliphatic carbocycles. The first-order valence-corrected chi connectivity index (χ1v) is 5.15. The number of aromatic nitrogens is 1. The van der Waals surface area contributed by atoms with E-state index in [0.29, 0.717) is 0 Å². The molecule has 0 radical (unpaired) electrons. The Bertz CT molecular complexity index is 438. The lowest BCUT2D eigenvalue weighted by Crippen LogP contribution is -2.34. The predicted octanol–water partition coefficient (Wildman–Crippen LogP) is 0.644. The Balaban J connectivity index is 2.36. The van der Waals surface area contributed by atoms with Crippen LogP contribution in [0.1, 0.15) is 24.4 Å². The zero-order valence-corrected chi connectivity index (χ0v) is 8.44. The van der Waals surface area contributed by atoms with E-state index in [1.54, 1.807) is 22.9 Å². The summed E-state index contributed by atoms with van der Waals surface area (Å²) in [5, 5.41) is 12.0. The van der Waals surface area contributed by atoms with E-state index in [2.05, 4.69) is 5.32 Å². The van der Waals surface area contributed by atoms with Crippen LogP contribution in [-0.4, -0.2) is 17.7 Å². The van der Waals surface area contributed by atoms with Gasteiger partial charge in [0.25, 0.3) is 5.56 Å². The highest BCUT2D eigenvalue weighted by Gasteiger charge is 2.16. The maximum atomic E-state index is 11.8. The molecule has 1 aromatic rings. The maximum Gasteiger partial charge on any atom is 0.268 e. The van der Waals surface area contributed by atoms with Crippen LogP contribution in [-0.2, 0) is 0 Å². The van der Waals surface area contributed by atoms with Gasteiger partial charge < -0.3 is 9.88 Å². The van der Waals surface area contributed by atoms with Crippen molar-refractivity contribution >= 4 is 0 Å². The second kappa shape index (κ2) is 4.28. The van der Waals surface area contributed by atoms with Gasteiger partial charge in [-0.2, -0.15) is 5.26 Å². The molecular formula is C11H13N3O. The first kappa shape index (κ1) is 9.94. The number of pyridine rings is 1. The Labute approximate surface area is 88.1 Å². The largest absolute Gasteiger partial charge is 0.317 e. The van der Waals surface area contributed by atoms with Crippen molar-refractivity contribution in [2.45, 2.75) is 18.9 Å². The highest BCUT2D eigenvalue weighted by Crippen LogP contribution is 2.15. The second-order valence-corrected chi connectivity index (χ2v) is 3.73. The average molecular weight is 203 g/mol. The lowest BCUT2D eigenvalue weighted by atomic mass is 10.1. The van der Waals surface area contributed by atoms with Gasteiger partial charge in [-0.3, -0.25) is 4.79 Å². The summed E-state index contributed by atoms with van der Waals surface area (Å²) in [6.45, 7) is 1.88. The van der Waals surface area contributed by atoms with Crippen LogP contribution in [0, 0.1) is 11.3 Å². The van der Waals surface area contributed by atoms with Crippen molar-refractivity contribution in [3.63, 3.8) is 0 Å². The minimum absolute atomic E-state index is 0.160. The minimum atomic E-state index is -0.160. The van der Waals surface area contributed by atoms with Crippen molar-refractivity contribution in [2.24, 2.45) is 0 Å². The van der Waals surface area contributed by atoms with Gasteiger partial charge in [0.05, 0.1) is 0 Å². The topological polar surface area (TPSA) is 57.8 Å². The summed E-state index contributed by atoms with van der Waals surface area (Å²) in [5.74, 6) is 0. The zero-order chi connectivity index (χ0) is 10.7. The number of nitriles is 1. The molecule has 1 saturated heterocycles. The van der Waals surface area contributed by atoms with Gasteiger partial charge in [-0.1, -0.05) is 0 Å². The molecule has 2 rings (SSSR count). The van der Waals surface area contributed by atoms with Gasteiger partial charge in [-0.05, 0) is 38.1 Å². The van der Waals surface area contributed by atoms with Crippen molar-refractivity contribution < 1.29 is 0 Å². The Morgan fingerprint density at radius 3 is 2.87 bits per heavy atom. The molecule has 0 amide bonds. The fourth-order valence-electron chi connectivity index (χ4n) is 1.97. The summed E-state index contributed by atoms with van der Waals surface area (Å²) >= 11 is 0. The Hall–Kier alpha value is -1.60. The van der Waals surface area contributed by atoms with E-state index in [9.17, 15) is 4.79 Å². The van der Waals surface area contributed by atoms with Gasteiger partial charge in [0.1, 0.15) is 11.6 Å². The van der Waals surface area contributed by atoms with Gasteiger partial charge in [0.15, 0.2) is 0 Å². The van der Waals surface area contributed by atoms with Crippen molar-refractivity contribution in [3.05, 3.63) is 34.2 Å². The summed E-state index contributed by atoms with van der Waals surface area (Å²) in [6, 6.07) is 5.50. The van der Waals surface area contributed by atoms with Crippen molar-refractivity contribution in [2.75, 3.05) is 13.1 Å². The van der Waals surface area contributed by atoms with E-state index in [-0.39, 0.29) is 17.2 Å². The van der Waals surface area contributed by atoms with Crippen LogP contribution >= 0.6 is 0 Å². The Morgan fingerprint density at radius 1 is 1.47 bits per heavy atom. The van der Waals surface area contributed by atoms with Gasteiger partial charge in [-0.25, -0.2) is 0 Å². The molecule has 0 atom stereocenters. The molecule has 15 heavy (non-hydrogen) atoms. The number of nitrogens with one attached hydrogen (secondary N) is 1. The first-order chi connectivity index (χ1) is 7.33. The molecule has 2 heterocycles. The molecule has 78 valence electrons. The van der Waals surface area contributed by atoms with Crippen LogP contribution in [0.4, 0.5) is 0 Å². The smallest absolute Gasteiger partial charge is 0.268 e. The standard InChI is InChI=1S/C11H13N3O/c12-8-9-2-1-7-14(11(9)15)10-3-5-13-6-4-10/h1-2,7,10,13H,3-6H2. The highest BCUT2D eigenvalue weighted by molar-refractivity contribution is 5.25. The summed E-state index contributed by atoms with van der Waals surface area (Å²) in [4.78, 5) is 11.8. The fraction of sp³-hybridized carbons (Fsp3) is 0.455. The summed E-state index contributed by atoms with van der Waals surface area (Å²) < 4.78 is 1.69. The van der Waals surface area contributed by atoms with Crippen LogP contribution < -0.4 is 10.9 Å². The van der Waals surface area contributed by atoms with Crippen LogP contribution in [0.2, 0.25) is 0 Å². The van der Waals surface area contributed by atoms with Crippen LogP contribution in [0.5, 0.6) is 0 Å². The molecule has 0 spiro atoms. The number of hydrogen-bond acceptors (Lipinski definition) is 3. The third-order valence-corrected chi connectivity index (χ3v) is 2.80. The monoisotopic (exact) mass is 203 g/mol. The fourth-order valence-corrected chi connectivity index (χ4v) is 1.97. The molecule has 4 nitrogen and oxygen atoms in total. The van der Waals surface area contributed by atoms with E-state index < -0.39 is 0 Å². The SMILES string of the molecule is N#Cc1cccn(C2CCNCC2)c1=O. The van der Waals surface area contributed by atoms with Crippen molar-refractivity contribution in [1.29, 1.82) is 5.26 Å². The molecular weight excluding hydrogens is 190 g/mol. The lowest BCUT2D eigenvalue weighted by molar-refractivity contribution is 0.360. The van der Waals surface area contributed by atoms with E-state index in [0.717, 1.165) is 25.9 Å². The third kappa shape index (κ3) is 1.92. The third-order valence-electron chi connectivity index (χ3n) is 2.80. The second-order valence-electron chi connectivity index (χ2n) is 3.73. The van der Waals surface area contributed by atoms with Gasteiger partial charge >= 0.3 is 0 Å². The molecule has 1 aliphatic heterocycles. The van der Waals surface area contributed by atoms with Crippen molar-refractivity contribution in [3.8, 4) is 6.07 Å². The number of piperidine rings is 1. The summed E-state index contributed by atoms with van der Waals surface area (Å²) in [5.41, 5.74) is 0.0722. The summed E-state index contributed by atoms with van der Waals surface area (Å²) in [7, 11) is 0. The molecule has 1 aliphatic rings. The van der Waals surface area contributed by atoms with E-state index in [1.165, 1.54) is 0 Å². The predicted molar refractivity (Wildman–Crippen MR) is 56.6 cm³/mol. The van der Waals surface area contributed by atoms with Crippen molar-refractivity contribution in [1.82, 2.24) is 9.88 Å². The van der Waals surface area contributed by atoms with Gasteiger partial charge in [0, 0.05) is 12.2 Å². The Kier molecular flexibility index (Phi) is 2.84. The molecule has 4 heteroatoms. The summed E-state index contributed by atoms with van der Waals surface area (Å²) in [6.07, 6.45) is 3.68. The van der Waals surface area contributed by atoms with Gasteiger partial charge in [0.2, 0.25) is 0 Å². The van der Waals surface area contributed by atoms with Crippen LogP contribution in [0.15, 0.2) is 23.1 Å². The first-order valence-electron chi connectivity index (χ1n) is 5.15. The normalized spacial score (nSPS) is 17.3. The van der Waals surface area contributed by atoms with Crippen LogP contribution in [0.25, 0.3) is 0 Å². The van der Waals surface area contributed by atoms with Crippen LogP contribution in [0.3, 0.4) is 0 Å². The highest BCUT2D eigenvalue weighted by atomic mass is 16.1. The average Bonchev–Trinajstić information content (AvgIpc) is 2.30. The molecule has 0 bridgehead atoms. The molecule has 1 aromatic heterocycles. The van der Waals surface area contributed by atoms with Gasteiger partial charge in [-0.15, -0.1) is 0 Å². The lowest BCUT2D eigenvalue weighted by Gasteiger charge is -2.24. The molecule has 0 aromatic carbocycles. The molecule has 1 N–H and O–H groups in total. The zero-order valence-electron chi connectivity index (χ0n) is 8.44. The number of nitrogens with zero attached hydrogens (tertiary/aromatic N) is 2. The van der Waals surface area contributed by atoms with E-state index >= 15 is 0 Å². The van der Waals surface area contributed by atoms with E-state index in [1.807, 2.05) is 6.07 Å². The maximum absolute atomic E-state index is 11.8. The molecule has 1 fully saturated rings. The number of hydrogen-bond donors (Lipinski definition) is 1. The quantitative estimate of drug-likeness (QED) is 0.728. The Morgan fingerprint density at radius 2 is 2.20 bits per heavy atom. The number of rotatable bonds is 1.